The minimum atomic E-state index is 0.0600. The van der Waals surface area contributed by atoms with E-state index in [0.29, 0.717) is 13.0 Å². The summed E-state index contributed by atoms with van der Waals surface area (Å²) in [6.07, 6.45) is 3.39. The average molecular weight is 276 g/mol. The number of aryl methyl sites for hydroxylation is 1. The minimum absolute atomic E-state index is 0.0600. The molecule has 3 N–H and O–H groups in total. The van der Waals surface area contributed by atoms with Crippen molar-refractivity contribution in [1.82, 2.24) is 0 Å². The van der Waals surface area contributed by atoms with Gasteiger partial charge in [0.25, 0.3) is 0 Å². The number of nitrogens with two attached hydrogens (primary N) is 1. The Bertz CT molecular complexity index is 489. The van der Waals surface area contributed by atoms with Crippen molar-refractivity contribution in [2.24, 2.45) is 5.73 Å². The van der Waals surface area contributed by atoms with Crippen molar-refractivity contribution < 1.29 is 4.79 Å². The molecule has 0 bridgehead atoms. The van der Waals surface area contributed by atoms with Crippen molar-refractivity contribution in [3.8, 4) is 11.8 Å². The number of amides is 1. The highest BCUT2D eigenvalue weighted by atomic mass is 32.2. The molecule has 0 unspecified atom stereocenters. The summed E-state index contributed by atoms with van der Waals surface area (Å²) in [6.45, 7) is 2.42. The summed E-state index contributed by atoms with van der Waals surface area (Å²) in [5.74, 6) is 6.74. The lowest BCUT2D eigenvalue weighted by Crippen LogP contribution is -2.13. The van der Waals surface area contributed by atoms with E-state index in [0.717, 1.165) is 29.0 Å². The molecule has 0 atom stereocenters. The van der Waals surface area contributed by atoms with Crippen LogP contribution in [0.15, 0.2) is 18.2 Å². The maximum atomic E-state index is 11.7. The molecule has 1 aromatic rings. The second-order valence-corrected chi connectivity index (χ2v) is 5.01. The van der Waals surface area contributed by atoms with E-state index in [4.69, 9.17) is 5.73 Å². The molecule has 0 heterocycles. The van der Waals surface area contributed by atoms with Crippen LogP contribution in [0.4, 0.5) is 5.69 Å². The van der Waals surface area contributed by atoms with Crippen LogP contribution in [0.5, 0.6) is 0 Å². The van der Waals surface area contributed by atoms with Crippen LogP contribution >= 0.6 is 11.8 Å². The molecule has 0 fully saturated rings. The number of anilines is 1. The molecule has 1 aromatic carbocycles. The maximum Gasteiger partial charge on any atom is 0.225 e. The molecular weight excluding hydrogens is 256 g/mol. The number of hydrogen-bond donors (Lipinski definition) is 2. The van der Waals surface area contributed by atoms with E-state index < -0.39 is 0 Å². The predicted molar refractivity (Wildman–Crippen MR) is 83.4 cm³/mol. The van der Waals surface area contributed by atoms with Gasteiger partial charge in [0.1, 0.15) is 0 Å². The molecule has 0 aromatic heterocycles. The summed E-state index contributed by atoms with van der Waals surface area (Å²) in [7, 11) is 0. The first-order valence-electron chi connectivity index (χ1n) is 6.32. The van der Waals surface area contributed by atoms with Gasteiger partial charge in [-0.2, -0.15) is 11.8 Å². The number of benzene rings is 1. The fraction of sp³-hybridized carbons (Fsp3) is 0.400. The average Bonchev–Trinajstić information content (AvgIpc) is 2.43. The summed E-state index contributed by atoms with van der Waals surface area (Å²) in [6, 6.07) is 5.83. The first kappa shape index (κ1) is 15.6. The quantitative estimate of drug-likeness (QED) is 0.811. The van der Waals surface area contributed by atoms with Crippen LogP contribution in [0.25, 0.3) is 0 Å². The molecule has 0 aliphatic heterocycles. The molecular formula is C15H20N2OS. The van der Waals surface area contributed by atoms with Gasteiger partial charge < -0.3 is 11.1 Å². The zero-order valence-corrected chi connectivity index (χ0v) is 12.3. The summed E-state index contributed by atoms with van der Waals surface area (Å²) >= 11 is 1.67. The van der Waals surface area contributed by atoms with Crippen molar-refractivity contribution in [3.63, 3.8) is 0 Å². The van der Waals surface area contributed by atoms with E-state index in [1.807, 2.05) is 24.5 Å². The lowest BCUT2D eigenvalue weighted by atomic mass is 10.1. The highest BCUT2D eigenvalue weighted by molar-refractivity contribution is 7.98. The highest BCUT2D eigenvalue weighted by Gasteiger charge is 2.06. The topological polar surface area (TPSA) is 55.1 Å². The largest absolute Gasteiger partial charge is 0.326 e. The second-order valence-electron chi connectivity index (χ2n) is 4.02. The van der Waals surface area contributed by atoms with Gasteiger partial charge in [-0.05, 0) is 36.4 Å². The third-order valence-corrected chi connectivity index (χ3v) is 3.24. The number of thioether (sulfide) groups is 1. The molecule has 0 aliphatic carbocycles. The minimum Gasteiger partial charge on any atom is -0.326 e. The van der Waals surface area contributed by atoms with Crippen LogP contribution < -0.4 is 11.1 Å². The summed E-state index contributed by atoms with van der Waals surface area (Å²) in [5, 5.41) is 2.95. The zero-order valence-electron chi connectivity index (χ0n) is 11.5. The highest BCUT2D eigenvalue weighted by Crippen LogP contribution is 2.18. The first-order valence-corrected chi connectivity index (χ1v) is 7.71. The molecule has 0 aliphatic rings. The summed E-state index contributed by atoms with van der Waals surface area (Å²) in [5.41, 5.74) is 8.27. The summed E-state index contributed by atoms with van der Waals surface area (Å²) < 4.78 is 0. The fourth-order valence-electron chi connectivity index (χ4n) is 1.65. The molecule has 0 saturated carbocycles. The van der Waals surface area contributed by atoms with Gasteiger partial charge in [0.15, 0.2) is 0 Å². The maximum absolute atomic E-state index is 11.7. The summed E-state index contributed by atoms with van der Waals surface area (Å²) in [4.78, 5) is 11.7. The number of carbonyl (C=O) groups is 1. The van der Waals surface area contributed by atoms with Gasteiger partial charge in [-0.15, -0.1) is 0 Å². The Kier molecular flexibility index (Phi) is 7.09. The molecule has 4 heteroatoms. The van der Waals surface area contributed by atoms with Gasteiger partial charge in [0.2, 0.25) is 5.91 Å². The van der Waals surface area contributed by atoms with Crippen LogP contribution in [-0.2, 0) is 11.2 Å². The lowest BCUT2D eigenvalue weighted by Gasteiger charge is -2.10. The third-order valence-electron chi connectivity index (χ3n) is 2.63. The first-order chi connectivity index (χ1) is 9.21. The van der Waals surface area contributed by atoms with Crippen molar-refractivity contribution >= 4 is 23.4 Å². The molecule has 0 saturated heterocycles. The number of carbonyl (C=O) groups excluding carboxylic acids is 1. The van der Waals surface area contributed by atoms with Crippen LogP contribution in [0.2, 0.25) is 0 Å². The standard InChI is InChI=1S/C15H20N2OS/c1-3-13-11-12(5-4-9-16)6-7-14(13)17-15(18)8-10-19-2/h6-7,11H,3,8-10,16H2,1-2H3,(H,17,18). The van der Waals surface area contributed by atoms with Gasteiger partial charge in [0.05, 0.1) is 6.54 Å². The fourth-order valence-corrected chi connectivity index (χ4v) is 2.04. The zero-order chi connectivity index (χ0) is 14.1. The van der Waals surface area contributed by atoms with Crippen LogP contribution in [-0.4, -0.2) is 24.5 Å². The van der Waals surface area contributed by atoms with Crippen LogP contribution in [0.1, 0.15) is 24.5 Å². The van der Waals surface area contributed by atoms with E-state index in [2.05, 4.69) is 24.1 Å². The molecule has 0 radical (unpaired) electrons. The monoisotopic (exact) mass is 276 g/mol. The Hall–Kier alpha value is -1.44. The molecule has 1 rings (SSSR count). The normalized spacial score (nSPS) is 9.63. The van der Waals surface area contributed by atoms with E-state index >= 15 is 0 Å². The van der Waals surface area contributed by atoms with Crippen molar-refractivity contribution in [2.45, 2.75) is 19.8 Å². The van der Waals surface area contributed by atoms with Gasteiger partial charge in [-0.3, -0.25) is 4.79 Å². The van der Waals surface area contributed by atoms with E-state index in [1.165, 1.54) is 0 Å². The lowest BCUT2D eigenvalue weighted by molar-refractivity contribution is -0.115. The Morgan fingerprint density at radius 3 is 2.89 bits per heavy atom. The van der Waals surface area contributed by atoms with Gasteiger partial charge >= 0.3 is 0 Å². The Labute approximate surface area is 119 Å². The van der Waals surface area contributed by atoms with Gasteiger partial charge in [-0.1, -0.05) is 18.8 Å². The van der Waals surface area contributed by atoms with Crippen LogP contribution in [0, 0.1) is 11.8 Å². The predicted octanol–water partition coefficient (Wildman–Crippen LogP) is 2.25. The van der Waals surface area contributed by atoms with E-state index in [9.17, 15) is 4.79 Å². The second kappa shape index (κ2) is 8.63. The van der Waals surface area contributed by atoms with E-state index in [-0.39, 0.29) is 5.91 Å². The smallest absolute Gasteiger partial charge is 0.225 e. The van der Waals surface area contributed by atoms with Crippen molar-refractivity contribution in [3.05, 3.63) is 29.3 Å². The van der Waals surface area contributed by atoms with Gasteiger partial charge in [-0.25, -0.2) is 0 Å². The number of rotatable bonds is 5. The molecule has 19 heavy (non-hydrogen) atoms. The molecule has 3 nitrogen and oxygen atoms in total. The Morgan fingerprint density at radius 2 is 2.26 bits per heavy atom. The van der Waals surface area contributed by atoms with Gasteiger partial charge in [0, 0.05) is 23.4 Å². The molecule has 102 valence electrons. The number of hydrogen-bond acceptors (Lipinski definition) is 3. The van der Waals surface area contributed by atoms with Crippen LogP contribution in [0.3, 0.4) is 0 Å². The Morgan fingerprint density at radius 1 is 1.47 bits per heavy atom. The van der Waals surface area contributed by atoms with E-state index in [1.54, 1.807) is 11.8 Å². The molecule has 1 amide bonds. The molecule has 0 spiro atoms. The van der Waals surface area contributed by atoms with Crippen molar-refractivity contribution in [2.75, 3.05) is 23.9 Å². The third kappa shape index (κ3) is 5.37. The van der Waals surface area contributed by atoms with Crippen molar-refractivity contribution in [1.29, 1.82) is 0 Å². The number of nitrogens with one attached hydrogen (secondary N) is 1. The SMILES string of the molecule is CCc1cc(C#CCN)ccc1NC(=O)CCSC. The Balaban J connectivity index is 2.81.